The van der Waals surface area contributed by atoms with Gasteiger partial charge in [0.1, 0.15) is 0 Å². The van der Waals surface area contributed by atoms with E-state index in [-0.39, 0.29) is 18.9 Å². The van der Waals surface area contributed by atoms with Crippen LogP contribution in [-0.2, 0) is 27.4 Å². The number of aromatic nitrogens is 3. The molecule has 0 spiro atoms. The first-order valence-corrected chi connectivity index (χ1v) is 12.0. The molecule has 2 aromatic heterocycles. The standard InChI is InChI=1S/C25H24BN5O4S/c1-26-22-13-28-25(36-22)35-20-9-7-18(8-10-20)30-24(33)21(15-34-14-17-5-3-2-4-6-17)31-23(32)11-19-12-27-16-29-19/h2-10,12-13,16,21H,1,11,14-15H2,(H,27,29)(H,30,33)(H,31,32). The number of anilines is 1. The molecule has 0 saturated heterocycles. The van der Waals surface area contributed by atoms with Gasteiger partial charge >= 0.3 is 120 Å². The van der Waals surface area contributed by atoms with Crippen molar-refractivity contribution in [3.63, 3.8) is 0 Å². The molecule has 36 heavy (non-hydrogen) atoms. The maximum absolute atomic E-state index is 13.0. The molecule has 1 unspecified atom stereocenters. The zero-order chi connectivity index (χ0) is 25.2. The van der Waals surface area contributed by atoms with Gasteiger partial charge in [-0.3, -0.25) is 4.79 Å². The van der Waals surface area contributed by atoms with E-state index in [1.807, 2.05) is 30.3 Å². The van der Waals surface area contributed by atoms with Gasteiger partial charge in [0.25, 0.3) is 0 Å². The molecular weight excluding hydrogens is 477 g/mol. The summed E-state index contributed by atoms with van der Waals surface area (Å²) in [6.07, 6.45) is 4.81. The fourth-order valence-corrected chi connectivity index (χ4v) is 3.83. The first kappa shape index (κ1) is 25.0. The van der Waals surface area contributed by atoms with Crippen LogP contribution in [0.4, 0.5) is 5.69 Å². The number of nitrogens with zero attached hydrogens (tertiary/aromatic N) is 2. The minimum absolute atomic E-state index is 0.00627. The fourth-order valence-electron chi connectivity index (χ4n) is 3.20. The zero-order valence-corrected chi connectivity index (χ0v) is 20.2. The summed E-state index contributed by atoms with van der Waals surface area (Å²) in [6, 6.07) is 15.6. The van der Waals surface area contributed by atoms with Gasteiger partial charge in [-0.2, -0.15) is 0 Å². The number of ether oxygens (including phenoxy) is 2. The van der Waals surface area contributed by atoms with Crippen molar-refractivity contribution in [3.05, 3.63) is 84.6 Å². The number of rotatable bonds is 12. The second-order valence-electron chi connectivity index (χ2n) is 7.72. The SMILES string of the molecule is C=Bc1cnc(Oc2ccc(NC(=O)C(COCc3ccccc3)NC(=O)Cc3cnc[nH]3)cc2)s1. The number of aromatic amines is 1. The normalized spacial score (nSPS) is 11.3. The minimum atomic E-state index is -0.896. The average Bonchev–Trinajstić information content (AvgIpc) is 3.57. The Bertz CT molecular complexity index is 1280. The van der Waals surface area contributed by atoms with Crippen molar-refractivity contribution in [2.75, 3.05) is 11.9 Å². The van der Waals surface area contributed by atoms with Crippen molar-refractivity contribution >= 4 is 47.0 Å². The van der Waals surface area contributed by atoms with Crippen LogP contribution in [-0.4, -0.2) is 52.8 Å². The van der Waals surface area contributed by atoms with Crippen LogP contribution in [0.3, 0.4) is 0 Å². The van der Waals surface area contributed by atoms with Gasteiger partial charge in [-0.05, 0) is 5.56 Å². The molecule has 3 N–H and O–H groups in total. The second-order valence-corrected chi connectivity index (χ2v) is 8.75. The number of nitrogens with one attached hydrogen (secondary N) is 3. The van der Waals surface area contributed by atoms with Gasteiger partial charge in [0.15, 0.2) is 0 Å². The molecule has 0 bridgehead atoms. The topological polar surface area (TPSA) is 118 Å². The Hall–Kier alpha value is -4.09. The third-order valence-electron chi connectivity index (χ3n) is 4.98. The molecule has 1 atom stereocenters. The van der Waals surface area contributed by atoms with Crippen molar-refractivity contribution in [2.24, 2.45) is 0 Å². The number of hydrogen-bond donors (Lipinski definition) is 3. The summed E-state index contributed by atoms with van der Waals surface area (Å²) in [7, 11) is 0. The van der Waals surface area contributed by atoms with Gasteiger partial charge in [0.05, 0.1) is 19.4 Å². The number of carbonyl (C=O) groups excluding carboxylic acids is 2. The molecule has 2 aromatic carbocycles. The van der Waals surface area contributed by atoms with Gasteiger partial charge in [-0.25, -0.2) is 4.98 Å². The van der Waals surface area contributed by atoms with E-state index in [1.54, 1.807) is 43.6 Å². The summed E-state index contributed by atoms with van der Waals surface area (Å²) in [6.45, 7) is 5.74. The number of carbonyl (C=O) groups is 2. The van der Waals surface area contributed by atoms with Crippen LogP contribution in [0.1, 0.15) is 11.3 Å². The van der Waals surface area contributed by atoms with Crippen LogP contribution in [0, 0.1) is 0 Å². The van der Waals surface area contributed by atoms with Gasteiger partial charge in [-0.15, -0.1) is 0 Å². The maximum atomic E-state index is 13.0. The Morgan fingerprint density at radius 1 is 1.11 bits per heavy atom. The monoisotopic (exact) mass is 501 g/mol. The van der Waals surface area contributed by atoms with Crippen LogP contribution in [0.5, 0.6) is 10.9 Å². The van der Waals surface area contributed by atoms with Crippen LogP contribution < -0.4 is 20.1 Å². The van der Waals surface area contributed by atoms with E-state index in [0.717, 1.165) is 10.3 Å². The first-order valence-electron chi connectivity index (χ1n) is 11.1. The van der Waals surface area contributed by atoms with Crippen molar-refractivity contribution in [1.82, 2.24) is 20.3 Å². The number of amides is 2. The number of thiazole rings is 1. The number of benzene rings is 2. The van der Waals surface area contributed by atoms with Crippen molar-refractivity contribution in [2.45, 2.75) is 19.1 Å². The van der Waals surface area contributed by atoms with E-state index < -0.39 is 11.9 Å². The molecule has 9 nitrogen and oxygen atoms in total. The third kappa shape index (κ3) is 7.46. The predicted octanol–water partition coefficient (Wildman–Crippen LogP) is 2.30. The van der Waals surface area contributed by atoms with E-state index in [0.29, 0.717) is 28.9 Å². The summed E-state index contributed by atoms with van der Waals surface area (Å²) >= 11 is 1.38. The molecule has 2 heterocycles. The molecule has 4 aromatic rings. The van der Waals surface area contributed by atoms with Crippen LogP contribution in [0.15, 0.2) is 73.3 Å². The predicted molar refractivity (Wildman–Crippen MR) is 140 cm³/mol. The third-order valence-corrected chi connectivity index (χ3v) is 5.86. The summed E-state index contributed by atoms with van der Waals surface area (Å²) < 4.78 is 12.4. The Kier molecular flexibility index (Phi) is 8.74. The first-order chi connectivity index (χ1) is 17.6. The van der Waals surface area contributed by atoms with E-state index in [2.05, 4.69) is 32.1 Å². The fraction of sp³-hybridized carbons (Fsp3) is 0.160. The average molecular weight is 501 g/mol. The van der Waals surface area contributed by atoms with Crippen molar-refractivity contribution in [1.29, 1.82) is 0 Å². The Morgan fingerprint density at radius 2 is 1.92 bits per heavy atom. The summed E-state index contributed by atoms with van der Waals surface area (Å²) in [4.78, 5) is 36.5. The summed E-state index contributed by atoms with van der Waals surface area (Å²) in [5, 5.41) is 6.07. The van der Waals surface area contributed by atoms with Crippen molar-refractivity contribution in [3.8, 4) is 10.9 Å². The zero-order valence-electron chi connectivity index (χ0n) is 19.3. The quantitative estimate of drug-likeness (QED) is 0.257. The van der Waals surface area contributed by atoms with Crippen molar-refractivity contribution < 1.29 is 19.1 Å². The van der Waals surface area contributed by atoms with Gasteiger partial charge < -0.3 is 9.72 Å². The number of H-pyrrole nitrogens is 1. The van der Waals surface area contributed by atoms with E-state index in [1.165, 1.54) is 17.7 Å². The molecule has 0 aliphatic heterocycles. The summed E-state index contributed by atoms with van der Waals surface area (Å²) in [5.74, 6) is -0.146. The molecule has 0 fully saturated rings. The Labute approximate surface area is 212 Å². The summed E-state index contributed by atoms with van der Waals surface area (Å²) in [5.41, 5.74) is 2.17. The molecule has 11 heteroatoms. The van der Waals surface area contributed by atoms with Gasteiger partial charge in [-0.1, -0.05) is 30.3 Å². The molecule has 0 saturated carbocycles. The van der Waals surface area contributed by atoms with Gasteiger partial charge in [0, 0.05) is 11.9 Å². The molecule has 2 amide bonds. The Balaban J connectivity index is 1.36. The second kappa shape index (κ2) is 12.6. The molecule has 0 aliphatic rings. The molecule has 4 rings (SSSR count). The van der Waals surface area contributed by atoms with E-state index >= 15 is 0 Å². The molecule has 182 valence electrons. The van der Waals surface area contributed by atoms with Crippen LogP contribution in [0.2, 0.25) is 0 Å². The van der Waals surface area contributed by atoms with E-state index in [4.69, 9.17) is 9.47 Å². The number of imidazole rings is 1. The van der Waals surface area contributed by atoms with Crippen LogP contribution >= 0.6 is 11.3 Å². The van der Waals surface area contributed by atoms with Gasteiger partial charge in [0.2, 0.25) is 5.91 Å². The Morgan fingerprint density at radius 3 is 2.61 bits per heavy atom. The molecule has 0 aliphatic carbocycles. The number of hydrogen-bond acceptors (Lipinski definition) is 7. The van der Waals surface area contributed by atoms with Crippen LogP contribution in [0.25, 0.3) is 0 Å². The van der Waals surface area contributed by atoms with E-state index in [9.17, 15) is 9.59 Å². The molecular formula is C25H24BN5O4S. The molecule has 0 radical (unpaired) electrons.